The summed E-state index contributed by atoms with van der Waals surface area (Å²) in [7, 11) is 0. The van der Waals surface area contributed by atoms with E-state index >= 15 is 0 Å². The largest absolute Gasteiger partial charge is 2.00 e. The Bertz CT molecular complexity index is 2370. The van der Waals surface area contributed by atoms with Gasteiger partial charge < -0.3 is 9.30 Å². The van der Waals surface area contributed by atoms with Gasteiger partial charge in [0.25, 0.3) is 0 Å². The summed E-state index contributed by atoms with van der Waals surface area (Å²) in [6.07, 6.45) is 1.90. The van der Waals surface area contributed by atoms with E-state index in [1.807, 2.05) is 12.3 Å². The molecule has 0 saturated carbocycles. The average Bonchev–Trinajstić information content (AvgIpc) is 3.59. The van der Waals surface area contributed by atoms with Crippen LogP contribution in [-0.4, -0.2) is 19.3 Å². The monoisotopic (exact) mass is 853 g/mol. The van der Waals surface area contributed by atoms with Crippen molar-refractivity contribution in [1.82, 2.24) is 19.3 Å². The van der Waals surface area contributed by atoms with Crippen LogP contribution in [0.15, 0.2) is 85.1 Å². The van der Waals surface area contributed by atoms with Gasteiger partial charge in [0.1, 0.15) is 5.82 Å². The third kappa shape index (κ3) is 6.69. The molecule has 0 N–H and O–H groups in total. The van der Waals surface area contributed by atoms with Crippen LogP contribution < -0.4 is 4.74 Å². The first-order chi connectivity index (χ1) is 23.8. The molecule has 0 spiro atoms. The Kier molecular flexibility index (Phi) is 9.91. The standard InChI is InChI=1S/C45H46N4O.Pt/c1-27(2)32-22-34(49-44(28(3)4)43(31(7)47-49)42-29(5)14-13-15-30(42)6)25-36(23-32)50-35-18-19-38-37-16-11-12-17-39(37)48(40(38)26-35)41-24-33(20-21-46-41)45(8,9)10;/h11-24,27-28H,1-10H3;/q-2;+2. The summed E-state index contributed by atoms with van der Waals surface area (Å²) in [5.41, 5.74) is 12.4. The van der Waals surface area contributed by atoms with Gasteiger partial charge in [0.05, 0.1) is 11.4 Å². The van der Waals surface area contributed by atoms with E-state index in [1.165, 1.54) is 33.5 Å². The minimum atomic E-state index is -0.00845. The van der Waals surface area contributed by atoms with Crippen LogP contribution in [0.3, 0.4) is 0 Å². The predicted molar refractivity (Wildman–Crippen MR) is 206 cm³/mol. The molecule has 0 saturated heterocycles. The second kappa shape index (κ2) is 13.9. The van der Waals surface area contributed by atoms with Crippen LogP contribution in [0.25, 0.3) is 44.4 Å². The molecule has 0 unspecified atom stereocenters. The van der Waals surface area contributed by atoms with Gasteiger partial charge in [-0.1, -0.05) is 90.4 Å². The van der Waals surface area contributed by atoms with Crippen LogP contribution in [0.4, 0.5) is 0 Å². The average molecular weight is 854 g/mol. The second-order valence-corrected chi connectivity index (χ2v) is 15.2. The summed E-state index contributed by atoms with van der Waals surface area (Å²) < 4.78 is 11.0. The normalized spacial score (nSPS) is 11.9. The van der Waals surface area contributed by atoms with Gasteiger partial charge in [0.2, 0.25) is 0 Å². The summed E-state index contributed by atoms with van der Waals surface area (Å²) in [5, 5.41) is 7.41. The van der Waals surface area contributed by atoms with Gasteiger partial charge in [-0.2, -0.15) is 11.2 Å². The van der Waals surface area contributed by atoms with E-state index in [0.29, 0.717) is 11.5 Å². The Morgan fingerprint density at radius 1 is 0.725 bits per heavy atom. The Hall–Kier alpha value is -4.47. The molecule has 4 aromatic carbocycles. The van der Waals surface area contributed by atoms with E-state index in [4.69, 9.17) is 14.8 Å². The number of aromatic nitrogens is 4. The quantitative estimate of drug-likeness (QED) is 0.150. The van der Waals surface area contributed by atoms with Gasteiger partial charge in [0.15, 0.2) is 0 Å². The molecule has 3 heterocycles. The number of hydrogen-bond donors (Lipinski definition) is 0. The smallest absolute Gasteiger partial charge is 0.509 e. The number of ether oxygens (including phenoxy) is 1. The van der Waals surface area contributed by atoms with E-state index in [1.54, 1.807) is 0 Å². The zero-order valence-corrected chi connectivity index (χ0v) is 33.5. The number of nitrogens with zero attached hydrogens (tertiary/aromatic N) is 4. The molecule has 5 nitrogen and oxygen atoms in total. The molecule has 0 atom stereocenters. The molecule has 0 amide bonds. The van der Waals surface area contributed by atoms with Crippen LogP contribution in [-0.2, 0) is 26.5 Å². The first-order valence-electron chi connectivity index (χ1n) is 17.7. The summed E-state index contributed by atoms with van der Waals surface area (Å²) in [4.78, 5) is 4.84. The van der Waals surface area contributed by atoms with Crippen molar-refractivity contribution in [3.8, 4) is 34.1 Å². The van der Waals surface area contributed by atoms with Crippen LogP contribution in [0.2, 0.25) is 0 Å². The van der Waals surface area contributed by atoms with Gasteiger partial charge in [0, 0.05) is 28.8 Å². The zero-order valence-electron chi connectivity index (χ0n) is 31.3. The Labute approximate surface area is 317 Å². The summed E-state index contributed by atoms with van der Waals surface area (Å²) in [6, 6.07) is 34.9. The topological polar surface area (TPSA) is 44.9 Å². The minimum Gasteiger partial charge on any atom is -0.509 e. The van der Waals surface area contributed by atoms with Crippen molar-refractivity contribution in [1.29, 1.82) is 0 Å². The van der Waals surface area contributed by atoms with Gasteiger partial charge >= 0.3 is 21.1 Å². The third-order valence-corrected chi connectivity index (χ3v) is 9.74. The summed E-state index contributed by atoms with van der Waals surface area (Å²) in [6.45, 7) is 22.1. The molecule has 0 bridgehead atoms. The number of hydrogen-bond acceptors (Lipinski definition) is 3. The van der Waals surface area contributed by atoms with Crippen LogP contribution in [0.5, 0.6) is 11.5 Å². The van der Waals surface area contributed by atoms with Crippen LogP contribution in [0.1, 0.15) is 93.9 Å². The van der Waals surface area contributed by atoms with E-state index in [2.05, 4.69) is 163 Å². The molecule has 262 valence electrons. The molecule has 6 heteroatoms. The molecule has 0 aliphatic carbocycles. The van der Waals surface area contributed by atoms with Gasteiger partial charge in [-0.15, -0.1) is 41.3 Å². The Morgan fingerprint density at radius 3 is 2.14 bits per heavy atom. The molecular formula is C45H46N4OPt. The molecule has 0 radical (unpaired) electrons. The van der Waals surface area contributed by atoms with E-state index < -0.39 is 0 Å². The van der Waals surface area contributed by atoms with Crippen molar-refractivity contribution in [3.63, 3.8) is 0 Å². The number of benzene rings is 4. The maximum atomic E-state index is 6.68. The number of fused-ring (bicyclic) bond motifs is 3. The molecule has 0 fully saturated rings. The van der Waals surface area contributed by atoms with Crippen LogP contribution in [0, 0.1) is 32.9 Å². The molecular weight excluding hydrogens is 808 g/mol. The maximum Gasteiger partial charge on any atom is 2.00 e. The van der Waals surface area contributed by atoms with Crippen molar-refractivity contribution >= 4 is 21.8 Å². The molecule has 3 aromatic heterocycles. The molecule has 51 heavy (non-hydrogen) atoms. The fourth-order valence-corrected chi connectivity index (χ4v) is 7.13. The molecule has 0 aliphatic rings. The van der Waals surface area contributed by atoms with E-state index in [-0.39, 0.29) is 38.3 Å². The first kappa shape index (κ1) is 36.3. The zero-order chi connectivity index (χ0) is 35.5. The third-order valence-electron chi connectivity index (χ3n) is 9.74. The molecule has 7 rings (SSSR count). The minimum absolute atomic E-state index is 0. The molecule has 0 aliphatic heterocycles. The fraction of sp³-hybridized carbons (Fsp3) is 0.289. The van der Waals surface area contributed by atoms with Crippen molar-refractivity contribution in [2.45, 2.75) is 86.5 Å². The number of rotatable bonds is 7. The van der Waals surface area contributed by atoms with Crippen molar-refractivity contribution in [3.05, 3.63) is 131 Å². The van der Waals surface area contributed by atoms with Crippen molar-refractivity contribution in [2.24, 2.45) is 0 Å². The Morgan fingerprint density at radius 2 is 1.45 bits per heavy atom. The summed E-state index contributed by atoms with van der Waals surface area (Å²) >= 11 is 0. The van der Waals surface area contributed by atoms with Crippen molar-refractivity contribution < 1.29 is 25.8 Å². The number of pyridine rings is 1. The number of aryl methyl sites for hydroxylation is 3. The fourth-order valence-electron chi connectivity index (χ4n) is 7.13. The van der Waals surface area contributed by atoms with Gasteiger partial charge in [-0.05, 0) is 89.5 Å². The van der Waals surface area contributed by atoms with E-state index in [0.717, 1.165) is 44.6 Å². The summed E-state index contributed by atoms with van der Waals surface area (Å²) in [5.74, 6) is 2.62. The van der Waals surface area contributed by atoms with Crippen LogP contribution >= 0.6 is 0 Å². The van der Waals surface area contributed by atoms with Crippen molar-refractivity contribution in [2.75, 3.05) is 0 Å². The Balaban J connectivity index is 0.00000448. The first-order valence-corrected chi connectivity index (χ1v) is 17.7. The molecule has 7 aromatic rings. The number of para-hydroxylation sites is 1. The van der Waals surface area contributed by atoms with Gasteiger partial charge in [-0.25, -0.2) is 4.98 Å². The predicted octanol–water partition coefficient (Wildman–Crippen LogP) is 11.9. The maximum absolute atomic E-state index is 6.68. The van der Waals surface area contributed by atoms with E-state index in [9.17, 15) is 0 Å². The van der Waals surface area contributed by atoms with Gasteiger partial charge in [-0.3, -0.25) is 4.68 Å². The second-order valence-electron chi connectivity index (χ2n) is 15.2. The SMILES string of the molecule is Cc1cccc(C)c1-c1c(C)nn(-c2[c-]c(Oc3[c-]c4c(cc3)c3ccccc3n4-c3cc(C(C)(C)C)ccn3)cc(C(C)C)c2)c1C(C)C.[Pt+2].